The van der Waals surface area contributed by atoms with Crippen LogP contribution in [0, 0.1) is 0 Å². The second-order valence-corrected chi connectivity index (χ2v) is 5.97. The Morgan fingerprint density at radius 2 is 2.05 bits per heavy atom. The van der Waals surface area contributed by atoms with Gasteiger partial charge in [0.05, 0.1) is 18.0 Å². The topological polar surface area (TPSA) is 78.6 Å². The SMILES string of the molecule is Nc1cc2c(cc1N(CCO)C1CCCC1)CCC(=O)N2. The minimum absolute atomic E-state index is 0.0534. The van der Waals surface area contributed by atoms with Crippen LogP contribution in [-0.2, 0) is 11.2 Å². The lowest BCUT2D eigenvalue weighted by molar-refractivity contribution is -0.116. The molecule has 1 aromatic rings. The molecule has 0 bridgehead atoms. The van der Waals surface area contributed by atoms with E-state index in [1.54, 1.807) is 0 Å². The van der Waals surface area contributed by atoms with E-state index in [4.69, 9.17) is 5.73 Å². The van der Waals surface area contributed by atoms with Crippen molar-refractivity contribution in [3.63, 3.8) is 0 Å². The number of amides is 1. The zero-order valence-corrected chi connectivity index (χ0v) is 12.3. The van der Waals surface area contributed by atoms with Crippen molar-refractivity contribution in [3.8, 4) is 0 Å². The van der Waals surface area contributed by atoms with Crippen LogP contribution in [0.25, 0.3) is 0 Å². The predicted molar refractivity (Wildman–Crippen MR) is 84.5 cm³/mol. The van der Waals surface area contributed by atoms with E-state index in [0.29, 0.717) is 24.7 Å². The molecule has 3 rings (SSSR count). The quantitative estimate of drug-likeness (QED) is 0.740. The Labute approximate surface area is 125 Å². The van der Waals surface area contributed by atoms with Crippen molar-refractivity contribution in [3.05, 3.63) is 17.7 Å². The third-order valence-corrected chi connectivity index (χ3v) is 4.56. The molecule has 1 aromatic carbocycles. The molecule has 2 aliphatic rings. The summed E-state index contributed by atoms with van der Waals surface area (Å²) < 4.78 is 0. The normalized spacial score (nSPS) is 18.4. The van der Waals surface area contributed by atoms with Gasteiger partial charge in [0.15, 0.2) is 0 Å². The molecule has 1 heterocycles. The fourth-order valence-electron chi connectivity index (χ4n) is 3.50. The van der Waals surface area contributed by atoms with Crippen LogP contribution in [-0.4, -0.2) is 30.2 Å². The molecule has 0 aromatic heterocycles. The molecular weight excluding hydrogens is 266 g/mol. The number of nitrogens with zero attached hydrogens (tertiary/aromatic N) is 1. The van der Waals surface area contributed by atoms with Gasteiger partial charge in [-0.05, 0) is 37.0 Å². The van der Waals surface area contributed by atoms with E-state index in [1.165, 1.54) is 12.8 Å². The Balaban J connectivity index is 1.93. The number of carbonyl (C=O) groups excluding carboxylic acids is 1. The molecule has 0 atom stereocenters. The molecule has 5 nitrogen and oxygen atoms in total. The summed E-state index contributed by atoms with van der Waals surface area (Å²) >= 11 is 0. The van der Waals surface area contributed by atoms with E-state index >= 15 is 0 Å². The molecule has 4 N–H and O–H groups in total. The van der Waals surface area contributed by atoms with Gasteiger partial charge < -0.3 is 21.1 Å². The molecule has 0 spiro atoms. The first-order valence-electron chi connectivity index (χ1n) is 7.79. The van der Waals surface area contributed by atoms with Crippen LogP contribution in [0.5, 0.6) is 0 Å². The second kappa shape index (κ2) is 5.93. The first-order chi connectivity index (χ1) is 10.2. The Morgan fingerprint density at radius 1 is 1.29 bits per heavy atom. The number of nitrogens with one attached hydrogen (secondary N) is 1. The van der Waals surface area contributed by atoms with Crippen molar-refractivity contribution in [2.24, 2.45) is 0 Å². The average molecular weight is 289 g/mol. The zero-order chi connectivity index (χ0) is 14.8. The van der Waals surface area contributed by atoms with Gasteiger partial charge in [-0.2, -0.15) is 0 Å². The van der Waals surface area contributed by atoms with Crippen molar-refractivity contribution in [1.82, 2.24) is 0 Å². The Kier molecular flexibility index (Phi) is 4.01. The second-order valence-electron chi connectivity index (χ2n) is 5.97. The highest BCUT2D eigenvalue weighted by Gasteiger charge is 2.25. The highest BCUT2D eigenvalue weighted by Crippen LogP contribution is 2.36. The number of nitrogens with two attached hydrogens (primary N) is 1. The molecule has 21 heavy (non-hydrogen) atoms. The summed E-state index contributed by atoms with van der Waals surface area (Å²) in [6, 6.07) is 4.43. The highest BCUT2D eigenvalue weighted by molar-refractivity contribution is 5.95. The Hall–Kier alpha value is -1.75. The number of rotatable bonds is 4. The van der Waals surface area contributed by atoms with E-state index in [1.807, 2.05) is 6.07 Å². The van der Waals surface area contributed by atoms with Gasteiger partial charge in [-0.1, -0.05) is 12.8 Å². The number of nitrogen functional groups attached to an aromatic ring is 1. The van der Waals surface area contributed by atoms with E-state index in [0.717, 1.165) is 36.2 Å². The molecule has 5 heteroatoms. The van der Waals surface area contributed by atoms with Gasteiger partial charge in [0, 0.05) is 24.7 Å². The number of benzene rings is 1. The van der Waals surface area contributed by atoms with Crippen molar-refractivity contribution < 1.29 is 9.90 Å². The summed E-state index contributed by atoms with van der Waals surface area (Å²) in [5, 5.41) is 12.3. The summed E-state index contributed by atoms with van der Waals surface area (Å²) in [6.45, 7) is 0.740. The highest BCUT2D eigenvalue weighted by atomic mass is 16.3. The number of aliphatic hydroxyl groups is 1. The summed E-state index contributed by atoms with van der Waals surface area (Å²) in [7, 11) is 0. The van der Waals surface area contributed by atoms with E-state index in [-0.39, 0.29) is 12.5 Å². The molecule has 0 saturated heterocycles. The van der Waals surface area contributed by atoms with E-state index in [9.17, 15) is 9.90 Å². The number of hydrogen-bond donors (Lipinski definition) is 3. The first kappa shape index (κ1) is 14.2. The molecule has 1 amide bonds. The molecule has 1 saturated carbocycles. The minimum Gasteiger partial charge on any atom is -0.397 e. The van der Waals surface area contributed by atoms with Crippen molar-refractivity contribution >= 4 is 23.0 Å². The van der Waals surface area contributed by atoms with E-state index in [2.05, 4.69) is 16.3 Å². The van der Waals surface area contributed by atoms with Crippen LogP contribution in [0.4, 0.5) is 17.1 Å². The Morgan fingerprint density at radius 3 is 2.76 bits per heavy atom. The number of aliphatic hydroxyl groups excluding tert-OH is 1. The molecule has 0 unspecified atom stereocenters. The third kappa shape index (κ3) is 2.83. The maximum Gasteiger partial charge on any atom is 0.224 e. The van der Waals surface area contributed by atoms with Crippen molar-refractivity contribution in [2.75, 3.05) is 29.1 Å². The van der Waals surface area contributed by atoms with Gasteiger partial charge in [0.25, 0.3) is 0 Å². The summed E-state index contributed by atoms with van der Waals surface area (Å²) in [4.78, 5) is 13.7. The average Bonchev–Trinajstić information content (AvgIpc) is 2.98. The van der Waals surface area contributed by atoms with Gasteiger partial charge >= 0.3 is 0 Å². The molecule has 0 radical (unpaired) electrons. The maximum atomic E-state index is 11.5. The third-order valence-electron chi connectivity index (χ3n) is 4.56. The lowest BCUT2D eigenvalue weighted by atomic mass is 10.00. The van der Waals surface area contributed by atoms with Gasteiger partial charge in [0.1, 0.15) is 0 Å². The molecular formula is C16H23N3O2. The standard InChI is InChI=1S/C16H23N3O2/c17-13-10-14-11(5-6-16(21)18-14)9-15(13)19(7-8-20)12-3-1-2-4-12/h9-10,12,20H,1-8,17H2,(H,18,21). The first-order valence-corrected chi connectivity index (χ1v) is 7.79. The fourth-order valence-corrected chi connectivity index (χ4v) is 3.50. The van der Waals surface area contributed by atoms with Crippen LogP contribution < -0.4 is 16.0 Å². The lowest BCUT2D eigenvalue weighted by Crippen LogP contribution is -2.36. The van der Waals surface area contributed by atoms with Crippen LogP contribution in [0.2, 0.25) is 0 Å². The minimum atomic E-state index is 0.0534. The summed E-state index contributed by atoms with van der Waals surface area (Å²) in [5.41, 5.74) is 9.87. The monoisotopic (exact) mass is 289 g/mol. The Bertz CT molecular complexity index is 539. The van der Waals surface area contributed by atoms with Gasteiger partial charge in [0.2, 0.25) is 5.91 Å². The summed E-state index contributed by atoms with van der Waals surface area (Å²) in [6.07, 6.45) is 6.09. The van der Waals surface area contributed by atoms with Gasteiger partial charge in [-0.15, -0.1) is 0 Å². The number of aryl methyl sites for hydroxylation is 1. The number of anilines is 3. The lowest BCUT2D eigenvalue weighted by Gasteiger charge is -2.33. The van der Waals surface area contributed by atoms with Crippen molar-refractivity contribution in [1.29, 1.82) is 0 Å². The van der Waals surface area contributed by atoms with Crippen LogP contribution >= 0.6 is 0 Å². The van der Waals surface area contributed by atoms with Crippen LogP contribution in [0.1, 0.15) is 37.7 Å². The largest absolute Gasteiger partial charge is 0.397 e. The van der Waals surface area contributed by atoms with Crippen molar-refractivity contribution in [2.45, 2.75) is 44.6 Å². The number of carbonyl (C=O) groups is 1. The zero-order valence-electron chi connectivity index (χ0n) is 12.3. The molecule has 114 valence electrons. The smallest absolute Gasteiger partial charge is 0.224 e. The predicted octanol–water partition coefficient (Wildman–Crippen LogP) is 1.89. The van der Waals surface area contributed by atoms with Gasteiger partial charge in [-0.25, -0.2) is 0 Å². The van der Waals surface area contributed by atoms with E-state index < -0.39 is 0 Å². The maximum absolute atomic E-state index is 11.5. The molecule has 1 aliphatic carbocycles. The number of fused-ring (bicyclic) bond motifs is 1. The number of hydrogen-bond acceptors (Lipinski definition) is 4. The van der Waals surface area contributed by atoms with Crippen LogP contribution in [0.15, 0.2) is 12.1 Å². The van der Waals surface area contributed by atoms with Crippen LogP contribution in [0.3, 0.4) is 0 Å². The molecule has 1 aliphatic heterocycles. The van der Waals surface area contributed by atoms with Gasteiger partial charge in [-0.3, -0.25) is 4.79 Å². The summed E-state index contributed by atoms with van der Waals surface area (Å²) in [5.74, 6) is 0.0534. The fraction of sp³-hybridized carbons (Fsp3) is 0.562. The molecule has 1 fully saturated rings.